The van der Waals surface area contributed by atoms with Crippen molar-refractivity contribution in [1.82, 2.24) is 0 Å². The minimum absolute atomic E-state index is 0.235. The Labute approximate surface area is 121 Å². The Bertz CT molecular complexity index is 315. The van der Waals surface area contributed by atoms with Crippen molar-refractivity contribution in [3.63, 3.8) is 0 Å². The number of rotatable bonds is 11. The molecule has 0 heterocycles. The van der Waals surface area contributed by atoms with Crippen LogP contribution in [0.2, 0.25) is 0 Å². The van der Waals surface area contributed by atoms with Crippen LogP contribution in [-0.4, -0.2) is 25.2 Å². The van der Waals surface area contributed by atoms with E-state index in [-0.39, 0.29) is 19.6 Å². The van der Waals surface area contributed by atoms with Gasteiger partial charge >= 0.3 is 11.9 Å². The molecule has 0 aromatic carbocycles. The second kappa shape index (κ2) is 10.2. The average molecular weight is 282 g/mol. The number of unbranched alkanes of at least 4 members (excludes halogenated alkanes) is 2. The van der Waals surface area contributed by atoms with Gasteiger partial charge in [-0.15, -0.1) is 13.2 Å². The molecule has 0 bridgehead atoms. The highest BCUT2D eigenvalue weighted by molar-refractivity contribution is 6.00. The monoisotopic (exact) mass is 282 g/mol. The molecule has 114 valence electrons. The quantitative estimate of drug-likeness (QED) is 0.252. The molecule has 4 nitrogen and oxygen atoms in total. The van der Waals surface area contributed by atoms with Gasteiger partial charge in [-0.2, -0.15) is 0 Å². The molecule has 0 fully saturated rings. The minimum Gasteiger partial charge on any atom is -0.465 e. The fourth-order valence-corrected chi connectivity index (χ4v) is 2.06. The smallest absolute Gasteiger partial charge is 0.323 e. The van der Waals surface area contributed by atoms with Crippen LogP contribution in [0.15, 0.2) is 25.3 Å². The van der Waals surface area contributed by atoms with Crippen molar-refractivity contribution < 1.29 is 19.1 Å². The Hall–Kier alpha value is -1.58. The topological polar surface area (TPSA) is 52.6 Å². The van der Waals surface area contributed by atoms with Gasteiger partial charge in [0.05, 0.1) is 13.2 Å². The van der Waals surface area contributed by atoms with Crippen molar-refractivity contribution in [3.8, 4) is 0 Å². The molecule has 0 amide bonds. The van der Waals surface area contributed by atoms with E-state index in [2.05, 4.69) is 13.2 Å². The predicted octanol–water partition coefficient (Wildman–Crippen LogP) is 3.42. The largest absolute Gasteiger partial charge is 0.465 e. The molecule has 0 radical (unpaired) electrons. The van der Waals surface area contributed by atoms with Gasteiger partial charge in [0.25, 0.3) is 0 Å². The van der Waals surface area contributed by atoms with Gasteiger partial charge in [0, 0.05) is 0 Å². The second-order valence-electron chi connectivity index (χ2n) is 4.55. The van der Waals surface area contributed by atoms with Crippen LogP contribution in [0.1, 0.15) is 46.0 Å². The standard InChI is InChI=1S/C16H26O4/c1-5-9-10-11-13-16(12-6-2,14(17)19-7-3)15(18)20-8-4/h5-6H,1-2,7-13H2,3-4H3. The highest BCUT2D eigenvalue weighted by Gasteiger charge is 2.47. The first-order valence-corrected chi connectivity index (χ1v) is 7.15. The summed E-state index contributed by atoms with van der Waals surface area (Å²) >= 11 is 0. The van der Waals surface area contributed by atoms with Crippen molar-refractivity contribution in [3.05, 3.63) is 25.3 Å². The van der Waals surface area contributed by atoms with Gasteiger partial charge in [0.1, 0.15) is 0 Å². The molecule has 0 rings (SSSR count). The summed E-state index contributed by atoms with van der Waals surface area (Å²) in [5.74, 6) is -1.03. The summed E-state index contributed by atoms with van der Waals surface area (Å²) in [5, 5.41) is 0. The summed E-state index contributed by atoms with van der Waals surface area (Å²) in [6.07, 6.45) is 6.50. The highest BCUT2D eigenvalue weighted by Crippen LogP contribution is 2.33. The fourth-order valence-electron chi connectivity index (χ4n) is 2.06. The Morgan fingerprint density at radius 3 is 1.95 bits per heavy atom. The molecule has 0 saturated heterocycles. The maximum atomic E-state index is 12.2. The zero-order chi connectivity index (χ0) is 15.4. The maximum absolute atomic E-state index is 12.2. The first-order valence-electron chi connectivity index (χ1n) is 7.15. The predicted molar refractivity (Wildman–Crippen MR) is 79.2 cm³/mol. The Kier molecular flexibility index (Phi) is 9.43. The lowest BCUT2D eigenvalue weighted by Gasteiger charge is -2.28. The molecule has 0 aliphatic heterocycles. The lowest BCUT2D eigenvalue weighted by atomic mass is 9.79. The zero-order valence-electron chi connectivity index (χ0n) is 12.7. The van der Waals surface area contributed by atoms with Gasteiger partial charge in [-0.1, -0.05) is 18.6 Å². The first kappa shape index (κ1) is 18.4. The molecule has 0 aliphatic carbocycles. The van der Waals surface area contributed by atoms with Crippen LogP contribution in [0.4, 0.5) is 0 Å². The lowest BCUT2D eigenvalue weighted by molar-refractivity contribution is -0.172. The Morgan fingerprint density at radius 2 is 1.55 bits per heavy atom. The summed E-state index contributed by atoms with van der Waals surface area (Å²) in [6, 6.07) is 0. The average Bonchev–Trinajstić information content (AvgIpc) is 2.42. The minimum atomic E-state index is -1.26. The third-order valence-electron chi connectivity index (χ3n) is 3.09. The molecule has 0 saturated carbocycles. The molecule has 0 atom stereocenters. The van der Waals surface area contributed by atoms with Gasteiger partial charge < -0.3 is 9.47 Å². The molecule has 0 aromatic heterocycles. The summed E-state index contributed by atoms with van der Waals surface area (Å²) in [4.78, 5) is 24.5. The first-order chi connectivity index (χ1) is 9.58. The summed E-state index contributed by atoms with van der Waals surface area (Å²) < 4.78 is 10.2. The number of ether oxygens (including phenoxy) is 2. The molecule has 0 N–H and O–H groups in total. The molecular formula is C16H26O4. The van der Waals surface area contributed by atoms with E-state index in [1.807, 2.05) is 6.08 Å². The van der Waals surface area contributed by atoms with Crippen LogP contribution in [-0.2, 0) is 19.1 Å². The molecule has 0 aliphatic rings. The maximum Gasteiger partial charge on any atom is 0.323 e. The summed E-state index contributed by atoms with van der Waals surface area (Å²) in [6.45, 7) is 11.2. The zero-order valence-corrected chi connectivity index (χ0v) is 12.7. The summed E-state index contributed by atoms with van der Waals surface area (Å²) in [5.41, 5.74) is -1.26. The Balaban J connectivity index is 5.09. The van der Waals surface area contributed by atoms with Crippen molar-refractivity contribution in [2.45, 2.75) is 46.0 Å². The number of hydrogen-bond donors (Lipinski definition) is 0. The third kappa shape index (κ3) is 5.19. The van der Waals surface area contributed by atoms with E-state index in [0.717, 1.165) is 19.3 Å². The van der Waals surface area contributed by atoms with Crippen molar-refractivity contribution in [2.24, 2.45) is 5.41 Å². The van der Waals surface area contributed by atoms with E-state index in [1.54, 1.807) is 19.9 Å². The van der Waals surface area contributed by atoms with Gasteiger partial charge in [0.2, 0.25) is 0 Å². The van der Waals surface area contributed by atoms with Gasteiger partial charge in [0.15, 0.2) is 5.41 Å². The van der Waals surface area contributed by atoms with Crippen LogP contribution in [0.5, 0.6) is 0 Å². The van der Waals surface area contributed by atoms with Gasteiger partial charge in [-0.3, -0.25) is 9.59 Å². The van der Waals surface area contributed by atoms with Crippen LogP contribution in [0.25, 0.3) is 0 Å². The van der Waals surface area contributed by atoms with Gasteiger partial charge in [-0.25, -0.2) is 0 Å². The molecule has 4 heteroatoms. The van der Waals surface area contributed by atoms with E-state index in [4.69, 9.17) is 9.47 Å². The van der Waals surface area contributed by atoms with Crippen LogP contribution >= 0.6 is 0 Å². The normalized spacial score (nSPS) is 10.7. The molecule has 0 spiro atoms. The van der Waals surface area contributed by atoms with E-state index in [1.165, 1.54) is 0 Å². The van der Waals surface area contributed by atoms with E-state index in [0.29, 0.717) is 6.42 Å². The van der Waals surface area contributed by atoms with E-state index >= 15 is 0 Å². The second-order valence-corrected chi connectivity index (χ2v) is 4.55. The molecule has 0 unspecified atom stereocenters. The molecule has 20 heavy (non-hydrogen) atoms. The number of carbonyl (C=O) groups is 2. The number of esters is 2. The van der Waals surface area contributed by atoms with Crippen LogP contribution in [0.3, 0.4) is 0 Å². The number of hydrogen-bond acceptors (Lipinski definition) is 4. The third-order valence-corrected chi connectivity index (χ3v) is 3.09. The van der Waals surface area contributed by atoms with Crippen molar-refractivity contribution in [1.29, 1.82) is 0 Å². The van der Waals surface area contributed by atoms with Crippen LogP contribution in [0, 0.1) is 5.41 Å². The summed E-state index contributed by atoms with van der Waals surface area (Å²) in [7, 11) is 0. The SMILES string of the molecule is C=CCCCCC(CC=C)(C(=O)OCC)C(=O)OCC. The van der Waals surface area contributed by atoms with Crippen LogP contribution < -0.4 is 0 Å². The number of carbonyl (C=O) groups excluding carboxylic acids is 2. The number of allylic oxidation sites excluding steroid dienone is 2. The van der Waals surface area contributed by atoms with Crippen molar-refractivity contribution >= 4 is 11.9 Å². The molecular weight excluding hydrogens is 256 g/mol. The van der Waals surface area contributed by atoms with E-state index in [9.17, 15) is 9.59 Å². The fraction of sp³-hybridized carbons (Fsp3) is 0.625. The molecule has 0 aromatic rings. The van der Waals surface area contributed by atoms with E-state index < -0.39 is 17.4 Å². The van der Waals surface area contributed by atoms with Gasteiger partial charge in [-0.05, 0) is 39.5 Å². The lowest BCUT2D eigenvalue weighted by Crippen LogP contribution is -2.42. The Morgan fingerprint density at radius 1 is 1.00 bits per heavy atom. The van der Waals surface area contributed by atoms with Crippen molar-refractivity contribution in [2.75, 3.05) is 13.2 Å². The highest BCUT2D eigenvalue weighted by atomic mass is 16.6.